The van der Waals surface area contributed by atoms with Gasteiger partial charge in [-0.25, -0.2) is 0 Å². The number of unbranched alkanes of at least 4 members (excludes halogenated alkanes) is 26. The number of hydrogen-bond acceptors (Lipinski definition) is 6. The summed E-state index contributed by atoms with van der Waals surface area (Å²) in [6, 6.07) is 0. The van der Waals surface area contributed by atoms with Gasteiger partial charge in [0.05, 0.1) is 0 Å². The topological polar surface area (TPSA) is 78.9 Å². The number of allylic oxidation sites excluding steroid dienone is 18. The minimum atomic E-state index is -0.795. The fraction of sp³-hybridized carbons (Fsp3) is 0.691. The lowest BCUT2D eigenvalue weighted by molar-refractivity contribution is -0.167. The van der Waals surface area contributed by atoms with Crippen LogP contribution in [0.25, 0.3) is 0 Å². The van der Waals surface area contributed by atoms with Crippen LogP contribution in [0.4, 0.5) is 0 Å². The van der Waals surface area contributed by atoms with Crippen molar-refractivity contribution in [2.75, 3.05) is 13.2 Å². The fourth-order valence-corrected chi connectivity index (χ4v) is 8.46. The van der Waals surface area contributed by atoms with Crippen molar-refractivity contribution in [1.82, 2.24) is 0 Å². The molecule has 0 saturated heterocycles. The molecule has 0 fully saturated rings. The number of carbonyl (C=O) groups is 3. The van der Waals surface area contributed by atoms with Crippen molar-refractivity contribution >= 4 is 17.9 Å². The molecular formula is C68H114O6. The van der Waals surface area contributed by atoms with Crippen molar-refractivity contribution < 1.29 is 28.6 Å². The zero-order valence-electron chi connectivity index (χ0n) is 48.3. The Morgan fingerprint density at radius 2 is 0.527 bits per heavy atom. The maximum absolute atomic E-state index is 12.9. The Morgan fingerprint density at radius 3 is 0.838 bits per heavy atom. The van der Waals surface area contributed by atoms with Crippen molar-refractivity contribution in [3.63, 3.8) is 0 Å². The lowest BCUT2D eigenvalue weighted by atomic mass is 10.0. The molecule has 0 radical (unpaired) electrons. The second-order valence-electron chi connectivity index (χ2n) is 20.2. The number of hydrogen-bond donors (Lipinski definition) is 0. The summed E-state index contributed by atoms with van der Waals surface area (Å²) in [5.41, 5.74) is 0. The van der Waals surface area contributed by atoms with E-state index in [0.29, 0.717) is 12.8 Å². The maximum Gasteiger partial charge on any atom is 0.306 e. The molecule has 0 rings (SSSR count). The molecular weight excluding hydrogens is 913 g/mol. The van der Waals surface area contributed by atoms with Crippen LogP contribution < -0.4 is 0 Å². The third kappa shape index (κ3) is 59.0. The summed E-state index contributed by atoms with van der Waals surface area (Å²) < 4.78 is 16.8. The van der Waals surface area contributed by atoms with Crippen LogP contribution in [0.1, 0.15) is 284 Å². The van der Waals surface area contributed by atoms with Gasteiger partial charge in [-0.1, -0.05) is 271 Å². The van der Waals surface area contributed by atoms with E-state index in [1.54, 1.807) is 0 Å². The number of esters is 3. The Bertz CT molecular complexity index is 1510. The molecule has 6 heteroatoms. The molecule has 0 spiro atoms. The van der Waals surface area contributed by atoms with Crippen LogP contribution in [0.15, 0.2) is 109 Å². The van der Waals surface area contributed by atoms with Gasteiger partial charge in [-0.05, 0) is 103 Å². The summed E-state index contributed by atoms with van der Waals surface area (Å²) in [6.07, 6.45) is 83.8. The summed E-state index contributed by atoms with van der Waals surface area (Å²) in [7, 11) is 0. The molecule has 1 unspecified atom stereocenters. The molecule has 0 heterocycles. The van der Waals surface area contributed by atoms with Crippen molar-refractivity contribution in [3.05, 3.63) is 109 Å². The molecule has 1 atom stereocenters. The van der Waals surface area contributed by atoms with Gasteiger partial charge in [0.2, 0.25) is 0 Å². The van der Waals surface area contributed by atoms with Crippen molar-refractivity contribution in [1.29, 1.82) is 0 Å². The lowest BCUT2D eigenvalue weighted by Gasteiger charge is -2.18. The van der Waals surface area contributed by atoms with E-state index in [9.17, 15) is 14.4 Å². The quantitative estimate of drug-likeness (QED) is 0.0261. The predicted molar refractivity (Wildman–Crippen MR) is 320 cm³/mol. The monoisotopic (exact) mass is 1030 g/mol. The van der Waals surface area contributed by atoms with Gasteiger partial charge in [-0.3, -0.25) is 14.4 Å². The molecule has 0 aliphatic carbocycles. The van der Waals surface area contributed by atoms with E-state index in [-0.39, 0.29) is 37.5 Å². The van der Waals surface area contributed by atoms with E-state index in [0.717, 1.165) is 122 Å². The van der Waals surface area contributed by atoms with Crippen LogP contribution in [0.5, 0.6) is 0 Å². The third-order valence-corrected chi connectivity index (χ3v) is 13.0. The molecule has 74 heavy (non-hydrogen) atoms. The molecule has 0 saturated carbocycles. The molecule has 0 aromatic rings. The Morgan fingerprint density at radius 1 is 0.284 bits per heavy atom. The maximum atomic E-state index is 12.9. The molecule has 0 aromatic carbocycles. The van der Waals surface area contributed by atoms with Gasteiger partial charge in [0.1, 0.15) is 13.2 Å². The number of carbonyl (C=O) groups excluding carboxylic acids is 3. The Labute approximate surface area is 457 Å². The van der Waals surface area contributed by atoms with Gasteiger partial charge in [0, 0.05) is 19.3 Å². The first kappa shape index (κ1) is 70.1. The van der Waals surface area contributed by atoms with E-state index in [1.807, 2.05) is 0 Å². The van der Waals surface area contributed by atoms with E-state index >= 15 is 0 Å². The number of ether oxygens (including phenoxy) is 3. The van der Waals surface area contributed by atoms with Crippen molar-refractivity contribution in [2.45, 2.75) is 290 Å². The van der Waals surface area contributed by atoms with Crippen molar-refractivity contribution in [3.8, 4) is 0 Å². The standard InChI is InChI=1S/C68H114O6/c1-4-7-10-13-16-19-22-24-26-28-30-31-32-33-34-35-36-37-39-40-42-44-46-49-52-55-58-61-67(70)73-64-65(63-72-66(69)60-57-54-51-48-21-18-15-12-9-6-3)74-68(71)62-59-56-53-50-47-45-43-41-38-29-27-25-23-20-17-14-11-8-5-2/h7-8,10-11,16-17,19-20,24-27,30-31,38,41,45,47,65H,4-6,9,12-15,18,21-23,28-29,32-37,39-40,42-44,46,48-64H2,1-3H3/b10-7-,11-8-,19-16-,20-17-,26-24-,27-25-,31-30-,41-38-,47-45-. The highest BCUT2D eigenvalue weighted by Gasteiger charge is 2.19. The van der Waals surface area contributed by atoms with Gasteiger partial charge in [0.15, 0.2) is 6.10 Å². The summed E-state index contributed by atoms with van der Waals surface area (Å²) in [5, 5.41) is 0. The van der Waals surface area contributed by atoms with Crippen LogP contribution in [0.2, 0.25) is 0 Å². The fourth-order valence-electron chi connectivity index (χ4n) is 8.46. The average Bonchev–Trinajstić information content (AvgIpc) is 3.40. The second kappa shape index (κ2) is 61.6. The van der Waals surface area contributed by atoms with Gasteiger partial charge in [-0.2, -0.15) is 0 Å². The van der Waals surface area contributed by atoms with Gasteiger partial charge < -0.3 is 14.2 Å². The minimum absolute atomic E-state index is 0.0898. The summed E-state index contributed by atoms with van der Waals surface area (Å²) >= 11 is 0. The summed E-state index contributed by atoms with van der Waals surface area (Å²) in [4.78, 5) is 38.2. The first-order valence-corrected chi connectivity index (χ1v) is 30.9. The molecule has 422 valence electrons. The molecule has 0 amide bonds. The van der Waals surface area contributed by atoms with Crippen LogP contribution in [0, 0.1) is 0 Å². The zero-order valence-corrected chi connectivity index (χ0v) is 48.3. The Balaban J connectivity index is 4.27. The van der Waals surface area contributed by atoms with E-state index in [1.165, 1.54) is 122 Å². The lowest BCUT2D eigenvalue weighted by Crippen LogP contribution is -2.30. The smallest absolute Gasteiger partial charge is 0.306 e. The second-order valence-corrected chi connectivity index (χ2v) is 20.2. The minimum Gasteiger partial charge on any atom is -0.462 e. The van der Waals surface area contributed by atoms with E-state index < -0.39 is 6.10 Å². The Hall–Kier alpha value is -3.93. The highest BCUT2D eigenvalue weighted by atomic mass is 16.6. The van der Waals surface area contributed by atoms with Crippen LogP contribution in [-0.2, 0) is 28.6 Å². The highest BCUT2D eigenvalue weighted by molar-refractivity contribution is 5.71. The molecule has 0 bridgehead atoms. The normalized spacial score (nSPS) is 12.9. The third-order valence-electron chi connectivity index (χ3n) is 13.0. The van der Waals surface area contributed by atoms with Gasteiger partial charge in [-0.15, -0.1) is 0 Å². The first-order valence-electron chi connectivity index (χ1n) is 30.9. The average molecular weight is 1030 g/mol. The van der Waals surface area contributed by atoms with Crippen LogP contribution in [-0.4, -0.2) is 37.2 Å². The largest absolute Gasteiger partial charge is 0.462 e. The molecule has 0 aromatic heterocycles. The number of rotatable bonds is 55. The first-order chi connectivity index (χ1) is 36.5. The van der Waals surface area contributed by atoms with Crippen molar-refractivity contribution in [2.24, 2.45) is 0 Å². The Kier molecular flexibility index (Phi) is 58.3. The SMILES string of the molecule is CC/C=C\C/C=C\C/C=C\C/C=C\C/C=C\CCCCCC(=O)OC(COC(=O)CCCCCCCCCCCC)COC(=O)CCCCCCCCCCCCCCCC/C=C\C/C=C\C/C=C\C/C=C\CC. The van der Waals surface area contributed by atoms with E-state index in [2.05, 4.69) is 130 Å². The summed E-state index contributed by atoms with van der Waals surface area (Å²) in [6.45, 7) is 6.39. The predicted octanol–water partition coefficient (Wildman–Crippen LogP) is 21.0. The summed E-state index contributed by atoms with van der Waals surface area (Å²) in [5.74, 6) is -0.919. The highest BCUT2D eigenvalue weighted by Crippen LogP contribution is 2.16. The zero-order chi connectivity index (χ0) is 53.6. The van der Waals surface area contributed by atoms with Gasteiger partial charge in [0.25, 0.3) is 0 Å². The molecule has 0 N–H and O–H groups in total. The van der Waals surface area contributed by atoms with Crippen LogP contribution >= 0.6 is 0 Å². The van der Waals surface area contributed by atoms with Gasteiger partial charge >= 0.3 is 17.9 Å². The van der Waals surface area contributed by atoms with E-state index in [4.69, 9.17) is 14.2 Å². The van der Waals surface area contributed by atoms with Crippen LogP contribution in [0.3, 0.4) is 0 Å². The molecule has 6 nitrogen and oxygen atoms in total. The molecule has 0 aliphatic heterocycles. The molecule has 0 aliphatic rings.